The average Bonchev–Trinajstić information content (AvgIpc) is 2.24. The molecule has 17 heavy (non-hydrogen) atoms. The van der Waals surface area contributed by atoms with Crippen LogP contribution in [-0.4, -0.2) is 53.1 Å². The second kappa shape index (κ2) is 4.33. The summed E-state index contributed by atoms with van der Waals surface area (Å²) in [5.74, 6) is -1.68. The predicted octanol–water partition coefficient (Wildman–Crippen LogP) is 0.612. The van der Waals surface area contributed by atoms with E-state index in [2.05, 4.69) is 4.84 Å². The quantitative estimate of drug-likeness (QED) is 0.738. The maximum atomic E-state index is 12.9. The fourth-order valence-corrected chi connectivity index (χ4v) is 2.11. The maximum Gasteiger partial charge on any atom is 0.368 e. The number of fused-ring (bicyclic) bond motifs is 2. The van der Waals surface area contributed by atoms with Gasteiger partial charge in [0.15, 0.2) is 0 Å². The topological polar surface area (TPSA) is 70.1 Å². The molecular formula is C10H13FN2O4. The average molecular weight is 244 g/mol. The predicted molar refractivity (Wildman–Crippen MR) is 54.5 cm³/mol. The van der Waals surface area contributed by atoms with Gasteiger partial charge >= 0.3 is 18.4 Å². The van der Waals surface area contributed by atoms with Gasteiger partial charge in [-0.25, -0.2) is 18.8 Å². The Morgan fingerprint density at radius 3 is 3.00 bits per heavy atom. The number of halogens is 1. The molecule has 0 spiro atoms. The molecule has 6 nitrogen and oxygen atoms in total. The molecule has 0 aliphatic carbocycles. The Balaban J connectivity index is 2.06. The molecule has 94 valence electrons. The molecule has 1 saturated heterocycles. The SMILES string of the molecule is CC1=CC2CN(C1)C(=O)N(OC(F)C(=O)O)C2. The first kappa shape index (κ1) is 11.8. The molecule has 1 fully saturated rings. The van der Waals surface area contributed by atoms with Gasteiger partial charge in [0.1, 0.15) is 0 Å². The largest absolute Gasteiger partial charge is 0.477 e. The van der Waals surface area contributed by atoms with E-state index >= 15 is 0 Å². The third-order valence-electron chi connectivity index (χ3n) is 2.71. The van der Waals surface area contributed by atoms with Crippen molar-refractivity contribution in [1.82, 2.24) is 9.96 Å². The minimum absolute atomic E-state index is 0.0578. The van der Waals surface area contributed by atoms with Gasteiger partial charge in [-0.15, -0.1) is 0 Å². The summed E-state index contributed by atoms with van der Waals surface area (Å²) >= 11 is 0. The smallest absolute Gasteiger partial charge is 0.368 e. The molecule has 0 aromatic heterocycles. The molecule has 0 radical (unpaired) electrons. The number of hydrogen-bond acceptors (Lipinski definition) is 3. The van der Waals surface area contributed by atoms with Crippen molar-refractivity contribution in [2.24, 2.45) is 5.92 Å². The van der Waals surface area contributed by atoms with E-state index in [9.17, 15) is 14.0 Å². The standard InChI is InChI=1S/C10H13FN2O4/c1-6-2-7-4-12(3-6)10(16)13(5-7)17-8(11)9(14)15/h2,7-8H,3-5H2,1H3,(H,14,15). The van der Waals surface area contributed by atoms with Gasteiger partial charge < -0.3 is 10.0 Å². The molecule has 2 amide bonds. The first-order valence-corrected chi connectivity index (χ1v) is 5.24. The number of carbonyl (C=O) groups is 2. The van der Waals surface area contributed by atoms with Gasteiger partial charge in [0.05, 0.1) is 6.54 Å². The van der Waals surface area contributed by atoms with Crippen LogP contribution in [0.15, 0.2) is 11.6 Å². The van der Waals surface area contributed by atoms with Crippen LogP contribution in [0.4, 0.5) is 9.18 Å². The van der Waals surface area contributed by atoms with Gasteiger partial charge in [-0.3, -0.25) is 0 Å². The normalized spacial score (nSPS) is 25.6. The molecule has 7 heteroatoms. The van der Waals surface area contributed by atoms with Crippen LogP contribution in [0, 0.1) is 5.92 Å². The van der Waals surface area contributed by atoms with Crippen LogP contribution in [0.2, 0.25) is 0 Å². The van der Waals surface area contributed by atoms with Crippen LogP contribution in [0.1, 0.15) is 6.92 Å². The number of hydrogen-bond donors (Lipinski definition) is 1. The lowest BCUT2D eigenvalue weighted by molar-refractivity contribution is -0.228. The molecular weight excluding hydrogens is 231 g/mol. The van der Waals surface area contributed by atoms with E-state index in [4.69, 9.17) is 5.11 Å². The lowest BCUT2D eigenvalue weighted by Gasteiger charge is -2.41. The Labute approximate surface area is 97.2 Å². The van der Waals surface area contributed by atoms with Crippen molar-refractivity contribution in [3.63, 3.8) is 0 Å². The second-order valence-corrected chi connectivity index (χ2v) is 4.26. The highest BCUT2D eigenvalue weighted by Gasteiger charge is 2.36. The number of rotatable bonds is 3. The van der Waals surface area contributed by atoms with Gasteiger partial charge in [-0.05, 0) is 6.92 Å². The summed E-state index contributed by atoms with van der Waals surface area (Å²) in [5, 5.41) is 9.17. The van der Waals surface area contributed by atoms with E-state index in [1.165, 1.54) is 4.90 Å². The van der Waals surface area contributed by atoms with Crippen molar-refractivity contribution in [3.8, 4) is 0 Å². The van der Waals surface area contributed by atoms with Crippen LogP contribution in [0.25, 0.3) is 0 Å². The summed E-state index contributed by atoms with van der Waals surface area (Å²) in [6.45, 7) is 3.14. The molecule has 2 aliphatic heterocycles. The van der Waals surface area contributed by atoms with Crippen LogP contribution >= 0.6 is 0 Å². The zero-order valence-electron chi connectivity index (χ0n) is 9.30. The van der Waals surface area contributed by atoms with E-state index in [0.29, 0.717) is 13.1 Å². The van der Waals surface area contributed by atoms with Gasteiger partial charge in [-0.1, -0.05) is 11.6 Å². The first-order chi connectivity index (χ1) is 7.97. The molecule has 2 heterocycles. The Hall–Kier alpha value is -1.63. The zero-order chi connectivity index (χ0) is 12.6. The molecule has 2 unspecified atom stereocenters. The van der Waals surface area contributed by atoms with E-state index in [0.717, 1.165) is 10.6 Å². The molecule has 2 aliphatic rings. The molecule has 2 rings (SSSR count). The highest BCUT2D eigenvalue weighted by Crippen LogP contribution is 2.23. The minimum Gasteiger partial charge on any atom is -0.477 e. The Kier molecular flexibility index (Phi) is 3.01. The number of nitrogens with zero attached hydrogens (tertiary/aromatic N) is 2. The van der Waals surface area contributed by atoms with E-state index in [1.807, 2.05) is 13.0 Å². The molecule has 0 aromatic carbocycles. The van der Waals surface area contributed by atoms with Crippen molar-refractivity contribution in [2.45, 2.75) is 13.3 Å². The fourth-order valence-electron chi connectivity index (χ4n) is 2.11. The van der Waals surface area contributed by atoms with Crippen molar-refractivity contribution < 1.29 is 23.9 Å². The summed E-state index contributed by atoms with van der Waals surface area (Å²) in [7, 11) is 0. The molecule has 0 aromatic rings. The van der Waals surface area contributed by atoms with Crippen molar-refractivity contribution in [3.05, 3.63) is 11.6 Å². The number of amides is 2. The summed E-state index contributed by atoms with van der Waals surface area (Å²) < 4.78 is 12.9. The maximum absolute atomic E-state index is 12.9. The first-order valence-electron chi connectivity index (χ1n) is 5.24. The van der Waals surface area contributed by atoms with Crippen LogP contribution < -0.4 is 0 Å². The highest BCUT2D eigenvalue weighted by molar-refractivity contribution is 5.76. The van der Waals surface area contributed by atoms with Crippen LogP contribution in [0.5, 0.6) is 0 Å². The summed E-state index contributed by atoms with van der Waals surface area (Å²) in [6.07, 6.45) is -0.517. The Morgan fingerprint density at radius 2 is 2.35 bits per heavy atom. The monoisotopic (exact) mass is 244 g/mol. The van der Waals surface area contributed by atoms with Gasteiger partial charge in [0.25, 0.3) is 0 Å². The van der Waals surface area contributed by atoms with Crippen molar-refractivity contribution in [1.29, 1.82) is 0 Å². The number of hydroxylamine groups is 2. The minimum atomic E-state index is -2.51. The lowest BCUT2D eigenvalue weighted by atomic mass is 9.99. The number of urea groups is 1. The summed E-state index contributed by atoms with van der Waals surface area (Å²) in [4.78, 5) is 28.1. The van der Waals surface area contributed by atoms with E-state index in [1.54, 1.807) is 0 Å². The highest BCUT2D eigenvalue weighted by atomic mass is 19.1. The lowest BCUT2D eigenvalue weighted by Crippen LogP contribution is -2.56. The van der Waals surface area contributed by atoms with Crippen molar-refractivity contribution in [2.75, 3.05) is 19.6 Å². The molecule has 0 saturated carbocycles. The third-order valence-corrected chi connectivity index (χ3v) is 2.71. The molecule has 2 bridgehead atoms. The number of carboxylic acids is 1. The Bertz CT molecular complexity index is 385. The van der Waals surface area contributed by atoms with Gasteiger partial charge in [-0.2, -0.15) is 5.06 Å². The second-order valence-electron chi connectivity index (χ2n) is 4.26. The van der Waals surface area contributed by atoms with Crippen molar-refractivity contribution >= 4 is 12.0 Å². The van der Waals surface area contributed by atoms with Crippen LogP contribution in [-0.2, 0) is 9.63 Å². The molecule has 2 atom stereocenters. The van der Waals surface area contributed by atoms with Crippen LogP contribution in [0.3, 0.4) is 0 Å². The van der Waals surface area contributed by atoms with Gasteiger partial charge in [0.2, 0.25) is 0 Å². The number of carbonyl (C=O) groups excluding carboxylic acids is 1. The summed E-state index contributed by atoms with van der Waals surface area (Å²) in [5.41, 5.74) is 1.07. The fraction of sp³-hybridized carbons (Fsp3) is 0.600. The summed E-state index contributed by atoms with van der Waals surface area (Å²) in [6, 6.07) is -0.488. The zero-order valence-corrected chi connectivity index (χ0v) is 9.30. The van der Waals surface area contributed by atoms with E-state index < -0.39 is 18.4 Å². The molecule has 1 N–H and O–H groups in total. The number of aliphatic carboxylic acids is 1. The third kappa shape index (κ3) is 2.38. The number of carboxylic acid groups (broad SMARTS) is 1. The number of alkyl halides is 1. The van der Waals surface area contributed by atoms with E-state index in [-0.39, 0.29) is 12.5 Å². The Morgan fingerprint density at radius 1 is 1.65 bits per heavy atom. The van der Waals surface area contributed by atoms with Gasteiger partial charge in [0, 0.05) is 19.0 Å².